The van der Waals surface area contributed by atoms with Gasteiger partial charge in [0.25, 0.3) is 0 Å². The average molecular weight is 670 g/mol. The second kappa shape index (κ2) is 18.1. The number of carbonyl (C=O) groups excluding carboxylic acids is 2. The van der Waals surface area contributed by atoms with Crippen LogP contribution in [0.2, 0.25) is 0 Å². The fourth-order valence-corrected chi connectivity index (χ4v) is 6.82. The first-order valence-electron chi connectivity index (χ1n) is 17.0. The number of benzene rings is 2. The number of rotatable bonds is 20. The van der Waals surface area contributed by atoms with Crippen molar-refractivity contribution in [2.24, 2.45) is 34.0 Å². The number of aromatic amines is 1. The Morgan fingerprint density at radius 1 is 1.08 bits per heavy atom. The van der Waals surface area contributed by atoms with Gasteiger partial charge in [-0.15, -0.1) is 0 Å². The third-order valence-corrected chi connectivity index (χ3v) is 9.32. The quantitative estimate of drug-likeness (QED) is 0.0404. The third-order valence-electron chi connectivity index (χ3n) is 9.32. The Balaban J connectivity index is 1.73. The number of nitrogens with zero attached hydrogens (tertiary/aromatic N) is 2. The van der Waals surface area contributed by atoms with Gasteiger partial charge in [0.1, 0.15) is 12.6 Å². The van der Waals surface area contributed by atoms with Crippen molar-refractivity contribution in [2.45, 2.75) is 82.3 Å². The maximum Gasteiger partial charge on any atom is 0.328 e. The number of carboxylic acids is 1. The van der Waals surface area contributed by atoms with E-state index in [1.54, 1.807) is 6.20 Å². The standard InChI is InChI=1S/C38H49N6O5/c1-24(23-47)7-12-30(39)4-2-5-31-28(11-10-27-19-26-9-8-25(13-16-45)18-29(26)20-32(27)31)21-35(43-36-6-3-15-42-36)33(22-37(48)49)34(14-17-46)44-38(40)41/h3,6,8-11,15-16,18-20,22-24,28,30-31,34-35,42,46H,2,4-5,7,12-14,17,21,39H2,1H3,(H,48,49)(H4,40,41,44)/q-1. The fourth-order valence-electron chi connectivity index (χ4n) is 6.82. The molecule has 49 heavy (non-hydrogen) atoms. The first-order chi connectivity index (χ1) is 23.6. The molecule has 3 aromatic rings. The Labute approximate surface area is 287 Å². The summed E-state index contributed by atoms with van der Waals surface area (Å²) >= 11 is 0. The van der Waals surface area contributed by atoms with Gasteiger partial charge >= 0.3 is 5.97 Å². The van der Waals surface area contributed by atoms with E-state index in [0.29, 0.717) is 24.2 Å². The lowest BCUT2D eigenvalue weighted by Gasteiger charge is -2.37. The highest BCUT2D eigenvalue weighted by atomic mass is 16.4. The van der Waals surface area contributed by atoms with E-state index >= 15 is 0 Å². The molecule has 1 heterocycles. The molecule has 1 aliphatic carbocycles. The van der Waals surface area contributed by atoms with Gasteiger partial charge in [-0.05, 0) is 95.5 Å². The van der Waals surface area contributed by atoms with Crippen LogP contribution >= 0.6 is 0 Å². The van der Waals surface area contributed by atoms with Crippen LogP contribution in [0.5, 0.6) is 0 Å². The lowest BCUT2D eigenvalue weighted by Crippen LogP contribution is -2.31. The molecule has 0 spiro atoms. The number of hydrogen-bond acceptors (Lipinski definition) is 6. The van der Waals surface area contributed by atoms with E-state index in [2.05, 4.69) is 40.3 Å². The molecule has 0 aliphatic heterocycles. The van der Waals surface area contributed by atoms with Gasteiger partial charge in [-0.1, -0.05) is 73.9 Å². The summed E-state index contributed by atoms with van der Waals surface area (Å²) in [6, 6.07) is 12.6. The summed E-state index contributed by atoms with van der Waals surface area (Å²) in [6.07, 6.45) is 13.9. The Bertz CT molecular complexity index is 1650. The number of aliphatic hydroxyl groups is 1. The van der Waals surface area contributed by atoms with Gasteiger partial charge in [0.05, 0.1) is 6.04 Å². The maximum absolute atomic E-state index is 12.2. The van der Waals surface area contributed by atoms with E-state index in [-0.39, 0.29) is 42.8 Å². The van der Waals surface area contributed by atoms with Crippen LogP contribution in [0.25, 0.3) is 22.2 Å². The number of hydrogen-bond donors (Lipinski definition) is 6. The number of allylic oxidation sites excluding steroid dienone is 1. The molecule has 0 radical (unpaired) electrons. The zero-order chi connectivity index (χ0) is 35.3. The topological polar surface area (TPSA) is 212 Å². The van der Waals surface area contributed by atoms with Crippen molar-refractivity contribution in [1.82, 2.24) is 4.98 Å². The van der Waals surface area contributed by atoms with Crippen LogP contribution in [0.1, 0.15) is 74.5 Å². The molecule has 0 amide bonds. The zero-order valence-corrected chi connectivity index (χ0v) is 28.1. The van der Waals surface area contributed by atoms with Crippen LogP contribution in [0.15, 0.2) is 71.4 Å². The van der Waals surface area contributed by atoms with E-state index < -0.39 is 18.1 Å². The average Bonchev–Trinajstić information content (AvgIpc) is 3.58. The van der Waals surface area contributed by atoms with Crippen LogP contribution in [0.3, 0.4) is 0 Å². The van der Waals surface area contributed by atoms with Gasteiger partial charge in [-0.25, -0.2) is 9.79 Å². The number of aliphatic hydroxyl groups excluding tert-OH is 1. The first kappa shape index (κ1) is 37.1. The second-order valence-corrected chi connectivity index (χ2v) is 13.0. The highest BCUT2D eigenvalue weighted by Gasteiger charge is 2.31. The molecule has 0 fully saturated rings. The molecule has 11 heteroatoms. The van der Waals surface area contributed by atoms with Crippen molar-refractivity contribution < 1.29 is 24.6 Å². The molecule has 6 unspecified atom stereocenters. The zero-order valence-electron chi connectivity index (χ0n) is 28.1. The van der Waals surface area contributed by atoms with Gasteiger partial charge in [0.15, 0.2) is 5.96 Å². The number of nitrogens with two attached hydrogens (primary N) is 3. The monoisotopic (exact) mass is 669 g/mol. The van der Waals surface area contributed by atoms with Crippen molar-refractivity contribution >= 4 is 47.2 Å². The van der Waals surface area contributed by atoms with E-state index in [4.69, 9.17) is 22.5 Å². The number of aliphatic carboxylic acids is 1. The van der Waals surface area contributed by atoms with Crippen LogP contribution in [-0.2, 0) is 20.8 Å². The Hall–Kier alpha value is -4.74. The van der Waals surface area contributed by atoms with Crippen molar-refractivity contribution in [3.63, 3.8) is 0 Å². The van der Waals surface area contributed by atoms with Gasteiger partial charge in [0.2, 0.25) is 0 Å². The molecule has 11 nitrogen and oxygen atoms in total. The summed E-state index contributed by atoms with van der Waals surface area (Å²) in [5.41, 5.74) is 21.6. The lowest BCUT2D eigenvalue weighted by molar-refractivity contribution is -0.131. The van der Waals surface area contributed by atoms with Crippen LogP contribution in [0.4, 0.5) is 5.82 Å². The molecule has 262 valence electrons. The minimum absolute atomic E-state index is 0.0230. The van der Waals surface area contributed by atoms with E-state index in [9.17, 15) is 24.6 Å². The smallest absolute Gasteiger partial charge is 0.328 e. The minimum atomic E-state index is -1.16. The summed E-state index contributed by atoms with van der Waals surface area (Å²) in [5, 5.41) is 26.9. The number of guanidine groups is 1. The van der Waals surface area contributed by atoms with Gasteiger partial charge in [-0.2, -0.15) is 0 Å². The SMILES string of the molecule is CC(C=O)CCC(N)CCCC1c2cc3cc(CC=O)ccc3cc2C=CC1CC([N-]c1ccc[nH]1)C(=CC(=O)O)C(CCO)N=C(N)N. The van der Waals surface area contributed by atoms with Crippen molar-refractivity contribution in [3.05, 3.63) is 88.4 Å². The predicted molar refractivity (Wildman–Crippen MR) is 195 cm³/mol. The largest absolute Gasteiger partial charge is 0.478 e. The Morgan fingerprint density at radius 2 is 1.90 bits per heavy atom. The minimum Gasteiger partial charge on any atom is -0.478 e. The normalized spacial score (nSPS) is 18.2. The molecule has 0 bridgehead atoms. The molecule has 1 aromatic heterocycles. The van der Waals surface area contributed by atoms with E-state index in [1.807, 2.05) is 31.2 Å². The summed E-state index contributed by atoms with van der Waals surface area (Å²) in [5.74, 6) is -0.819. The number of aldehydes is 2. The number of aromatic nitrogens is 1. The van der Waals surface area contributed by atoms with Gasteiger partial charge in [-0.3, -0.25) is 0 Å². The number of carboxylic acid groups (broad SMARTS) is 1. The molecule has 0 saturated carbocycles. The number of fused-ring (bicyclic) bond motifs is 2. The summed E-state index contributed by atoms with van der Waals surface area (Å²) < 4.78 is 0. The number of nitrogens with one attached hydrogen (secondary N) is 1. The highest BCUT2D eigenvalue weighted by molar-refractivity contribution is 5.88. The van der Waals surface area contributed by atoms with Crippen molar-refractivity contribution in [1.29, 1.82) is 0 Å². The lowest BCUT2D eigenvalue weighted by atomic mass is 9.72. The van der Waals surface area contributed by atoms with E-state index in [0.717, 1.165) is 72.7 Å². The van der Waals surface area contributed by atoms with E-state index in [1.165, 1.54) is 5.56 Å². The fraction of sp³-hybridized carbons (Fsp3) is 0.421. The second-order valence-electron chi connectivity index (χ2n) is 13.0. The molecule has 1 aliphatic rings. The van der Waals surface area contributed by atoms with Crippen LogP contribution < -0.4 is 17.2 Å². The number of H-pyrrole nitrogens is 1. The van der Waals surface area contributed by atoms with Crippen LogP contribution in [0, 0.1) is 11.8 Å². The van der Waals surface area contributed by atoms with Gasteiger partial charge in [0, 0.05) is 31.1 Å². The van der Waals surface area contributed by atoms with Crippen LogP contribution in [-0.4, -0.2) is 64.4 Å². The molecule has 2 aromatic carbocycles. The first-order valence-corrected chi connectivity index (χ1v) is 17.0. The molecule has 4 rings (SSSR count). The summed E-state index contributed by atoms with van der Waals surface area (Å²) in [7, 11) is 0. The molecule has 9 N–H and O–H groups in total. The summed E-state index contributed by atoms with van der Waals surface area (Å²) in [4.78, 5) is 42.0. The third kappa shape index (κ3) is 10.6. The van der Waals surface area contributed by atoms with Crippen molar-refractivity contribution in [3.8, 4) is 0 Å². The Kier molecular flexibility index (Phi) is 13.7. The Morgan fingerprint density at radius 3 is 2.57 bits per heavy atom. The molecular formula is C38H49N6O5-. The number of aliphatic imine (C=N–C) groups is 1. The van der Waals surface area contributed by atoms with Crippen molar-refractivity contribution in [2.75, 3.05) is 6.61 Å². The highest BCUT2D eigenvalue weighted by Crippen LogP contribution is 2.44. The predicted octanol–water partition coefficient (Wildman–Crippen LogP) is 5.25. The number of carbonyl (C=O) groups is 3. The molecule has 6 atom stereocenters. The molecular weight excluding hydrogens is 620 g/mol. The van der Waals surface area contributed by atoms with Gasteiger partial charge < -0.3 is 47.3 Å². The summed E-state index contributed by atoms with van der Waals surface area (Å²) in [6.45, 7) is 1.65. The maximum atomic E-state index is 12.2. The molecule has 0 saturated heterocycles.